The van der Waals surface area contributed by atoms with Crippen LogP contribution >= 0.6 is 0 Å². The summed E-state index contributed by atoms with van der Waals surface area (Å²) in [5, 5.41) is 9.18. The van der Waals surface area contributed by atoms with E-state index in [1.165, 1.54) is 0 Å². The van der Waals surface area contributed by atoms with Crippen LogP contribution in [0.4, 0.5) is 0 Å². The number of carbonyl (C=O) groups excluding carboxylic acids is 1. The number of nitrogens with two attached hydrogens (primary N) is 1. The van der Waals surface area contributed by atoms with E-state index in [4.69, 9.17) is 5.73 Å². The zero-order valence-corrected chi connectivity index (χ0v) is 9.48. The quantitative estimate of drug-likeness (QED) is 0.709. The van der Waals surface area contributed by atoms with Gasteiger partial charge in [0.25, 0.3) is 0 Å². The monoisotopic (exact) mass is 214 g/mol. The number of aliphatic hydroxyl groups is 1. The van der Waals surface area contributed by atoms with Gasteiger partial charge in [-0.05, 0) is 31.7 Å². The molecule has 0 aromatic heterocycles. The highest BCUT2D eigenvalue weighted by Crippen LogP contribution is 2.18. The Morgan fingerprint density at radius 1 is 1.60 bits per heavy atom. The van der Waals surface area contributed by atoms with Gasteiger partial charge in [0.1, 0.15) is 0 Å². The predicted molar refractivity (Wildman–Crippen MR) is 59.3 cm³/mol. The van der Waals surface area contributed by atoms with E-state index in [1.807, 2.05) is 6.92 Å². The van der Waals surface area contributed by atoms with Crippen LogP contribution in [-0.2, 0) is 4.79 Å². The second-order valence-corrected chi connectivity index (χ2v) is 4.37. The molecule has 0 saturated carbocycles. The summed E-state index contributed by atoms with van der Waals surface area (Å²) in [5.74, 6) is 0.0667. The fourth-order valence-corrected chi connectivity index (χ4v) is 2.33. The minimum absolute atomic E-state index is 0.155. The van der Waals surface area contributed by atoms with Gasteiger partial charge in [-0.2, -0.15) is 0 Å². The summed E-state index contributed by atoms with van der Waals surface area (Å²) in [7, 11) is 0. The maximum Gasteiger partial charge on any atom is 0.234 e. The van der Waals surface area contributed by atoms with Crippen LogP contribution in [0.25, 0.3) is 0 Å². The van der Waals surface area contributed by atoms with Crippen LogP contribution in [0.1, 0.15) is 32.6 Å². The Bertz CT molecular complexity index is 209. The Kier molecular flexibility index (Phi) is 5.05. The van der Waals surface area contributed by atoms with Gasteiger partial charge >= 0.3 is 0 Å². The molecular weight excluding hydrogens is 192 g/mol. The van der Waals surface area contributed by atoms with E-state index >= 15 is 0 Å². The van der Waals surface area contributed by atoms with Crippen molar-refractivity contribution in [3.8, 4) is 0 Å². The molecule has 15 heavy (non-hydrogen) atoms. The first kappa shape index (κ1) is 12.5. The topological polar surface area (TPSA) is 66.6 Å². The maximum absolute atomic E-state index is 11.3. The van der Waals surface area contributed by atoms with Gasteiger partial charge in [-0.15, -0.1) is 0 Å². The molecule has 0 spiro atoms. The van der Waals surface area contributed by atoms with Crippen LogP contribution in [0, 0.1) is 5.92 Å². The minimum atomic E-state index is -0.240. The summed E-state index contributed by atoms with van der Waals surface area (Å²) >= 11 is 0. The van der Waals surface area contributed by atoms with Crippen molar-refractivity contribution in [3.63, 3.8) is 0 Å². The van der Waals surface area contributed by atoms with Crippen LogP contribution in [-0.4, -0.2) is 41.7 Å². The molecule has 0 aromatic rings. The predicted octanol–water partition coefficient (Wildman–Crippen LogP) is 0.345. The molecule has 3 N–H and O–H groups in total. The molecule has 0 aliphatic carbocycles. The van der Waals surface area contributed by atoms with Gasteiger partial charge in [0.05, 0.1) is 6.04 Å². The SMILES string of the molecule is CCC(C(N)=O)N1CCCCC(CO)C1. The van der Waals surface area contributed by atoms with Crippen LogP contribution in [0.2, 0.25) is 0 Å². The molecule has 0 radical (unpaired) electrons. The Morgan fingerprint density at radius 2 is 2.33 bits per heavy atom. The number of rotatable bonds is 4. The molecule has 0 bridgehead atoms. The largest absolute Gasteiger partial charge is 0.396 e. The molecule has 4 nitrogen and oxygen atoms in total. The summed E-state index contributed by atoms with van der Waals surface area (Å²) in [4.78, 5) is 13.4. The summed E-state index contributed by atoms with van der Waals surface area (Å²) in [6, 6.07) is -0.155. The molecule has 1 fully saturated rings. The molecule has 1 heterocycles. The molecule has 1 amide bonds. The maximum atomic E-state index is 11.3. The van der Waals surface area contributed by atoms with E-state index in [0.717, 1.165) is 38.8 Å². The fraction of sp³-hybridized carbons (Fsp3) is 0.909. The highest BCUT2D eigenvalue weighted by atomic mass is 16.3. The molecule has 2 atom stereocenters. The van der Waals surface area contributed by atoms with Crippen molar-refractivity contribution < 1.29 is 9.90 Å². The summed E-state index contributed by atoms with van der Waals surface area (Å²) in [5.41, 5.74) is 5.37. The Morgan fingerprint density at radius 3 is 2.87 bits per heavy atom. The highest BCUT2D eigenvalue weighted by Gasteiger charge is 2.26. The lowest BCUT2D eigenvalue weighted by molar-refractivity contribution is -0.123. The molecule has 4 heteroatoms. The number of hydrogen-bond donors (Lipinski definition) is 2. The Balaban J connectivity index is 2.60. The molecule has 1 aliphatic rings. The number of aliphatic hydroxyl groups excluding tert-OH is 1. The Labute approximate surface area is 91.4 Å². The molecule has 88 valence electrons. The van der Waals surface area contributed by atoms with E-state index < -0.39 is 0 Å². The second-order valence-electron chi connectivity index (χ2n) is 4.37. The first-order chi connectivity index (χ1) is 7.19. The summed E-state index contributed by atoms with van der Waals surface area (Å²) in [6.07, 6.45) is 4.05. The molecule has 1 aliphatic heterocycles. The first-order valence-corrected chi connectivity index (χ1v) is 5.83. The average molecular weight is 214 g/mol. The summed E-state index contributed by atoms with van der Waals surface area (Å²) in [6.45, 7) is 3.93. The van der Waals surface area contributed by atoms with E-state index in [1.54, 1.807) is 0 Å². The van der Waals surface area contributed by atoms with Gasteiger partial charge in [0.2, 0.25) is 5.91 Å². The molecular formula is C11H22N2O2. The Hall–Kier alpha value is -0.610. The van der Waals surface area contributed by atoms with Gasteiger partial charge in [-0.3, -0.25) is 9.69 Å². The first-order valence-electron chi connectivity index (χ1n) is 5.83. The van der Waals surface area contributed by atoms with Crippen molar-refractivity contribution in [1.82, 2.24) is 4.90 Å². The zero-order valence-electron chi connectivity index (χ0n) is 9.48. The van der Waals surface area contributed by atoms with Crippen molar-refractivity contribution in [2.45, 2.75) is 38.6 Å². The molecule has 1 saturated heterocycles. The fourth-order valence-electron chi connectivity index (χ4n) is 2.33. The summed E-state index contributed by atoms with van der Waals surface area (Å²) < 4.78 is 0. The van der Waals surface area contributed by atoms with Crippen molar-refractivity contribution in [2.24, 2.45) is 11.7 Å². The number of likely N-dealkylation sites (tertiary alicyclic amines) is 1. The van der Waals surface area contributed by atoms with Crippen molar-refractivity contribution in [3.05, 3.63) is 0 Å². The van der Waals surface area contributed by atoms with Crippen LogP contribution < -0.4 is 5.73 Å². The number of carbonyl (C=O) groups is 1. The van der Waals surface area contributed by atoms with Crippen LogP contribution in [0.5, 0.6) is 0 Å². The lowest BCUT2D eigenvalue weighted by Crippen LogP contribution is -2.46. The van der Waals surface area contributed by atoms with Gasteiger partial charge in [-0.25, -0.2) is 0 Å². The third-order valence-corrected chi connectivity index (χ3v) is 3.21. The van der Waals surface area contributed by atoms with E-state index in [0.29, 0.717) is 5.92 Å². The second kappa shape index (κ2) is 6.08. The molecule has 1 rings (SSSR count). The number of amides is 1. The van der Waals surface area contributed by atoms with Gasteiger partial charge < -0.3 is 10.8 Å². The molecule has 0 aromatic carbocycles. The number of hydrogen-bond acceptors (Lipinski definition) is 3. The standard InChI is InChI=1S/C11H22N2O2/c1-2-10(11(12)15)13-6-4-3-5-9(7-13)8-14/h9-10,14H,2-8H2,1H3,(H2,12,15). The van der Waals surface area contributed by atoms with Gasteiger partial charge in [0, 0.05) is 13.2 Å². The number of nitrogens with zero attached hydrogens (tertiary/aromatic N) is 1. The van der Waals surface area contributed by atoms with E-state index in [2.05, 4.69) is 4.90 Å². The van der Waals surface area contributed by atoms with Crippen molar-refractivity contribution in [1.29, 1.82) is 0 Å². The van der Waals surface area contributed by atoms with Gasteiger partial charge in [-0.1, -0.05) is 13.3 Å². The van der Waals surface area contributed by atoms with E-state index in [9.17, 15) is 9.90 Å². The zero-order chi connectivity index (χ0) is 11.3. The van der Waals surface area contributed by atoms with Crippen LogP contribution in [0.15, 0.2) is 0 Å². The van der Waals surface area contributed by atoms with Gasteiger partial charge in [0.15, 0.2) is 0 Å². The third-order valence-electron chi connectivity index (χ3n) is 3.21. The highest BCUT2D eigenvalue weighted by molar-refractivity contribution is 5.79. The minimum Gasteiger partial charge on any atom is -0.396 e. The third kappa shape index (κ3) is 3.47. The molecule has 2 unspecified atom stereocenters. The normalized spacial score (nSPS) is 25.9. The lowest BCUT2D eigenvalue weighted by Gasteiger charge is -2.29. The van der Waals surface area contributed by atoms with Crippen molar-refractivity contribution >= 4 is 5.91 Å². The van der Waals surface area contributed by atoms with E-state index in [-0.39, 0.29) is 18.6 Å². The average Bonchev–Trinajstić information content (AvgIpc) is 2.44. The smallest absolute Gasteiger partial charge is 0.234 e. The van der Waals surface area contributed by atoms with Crippen molar-refractivity contribution in [2.75, 3.05) is 19.7 Å². The van der Waals surface area contributed by atoms with Crippen LogP contribution in [0.3, 0.4) is 0 Å². The number of primary amides is 1. The lowest BCUT2D eigenvalue weighted by atomic mass is 10.0.